The number of allylic oxidation sites excluding steroid dienone is 7. The molecular weight excluding hydrogens is 506 g/mol. The maximum atomic E-state index is 12.3. The van der Waals surface area contributed by atoms with Crippen molar-refractivity contribution in [3.05, 3.63) is 48.6 Å². The minimum Gasteiger partial charge on any atom is -0.394 e. The average Bonchev–Trinajstić information content (AvgIpc) is 2.97. The quantitative estimate of drug-likeness (QED) is 0.0591. The fraction of sp³-hybridized carbons (Fsp3) is 0.757. The molecule has 0 radical (unpaired) electrons. The molecule has 2 unspecified atom stereocenters. The van der Waals surface area contributed by atoms with Crippen LogP contribution >= 0.6 is 0 Å². The lowest BCUT2D eigenvalue weighted by molar-refractivity contribution is -0.123. The highest BCUT2D eigenvalue weighted by molar-refractivity contribution is 5.76. The van der Waals surface area contributed by atoms with Crippen molar-refractivity contribution in [3.63, 3.8) is 0 Å². The Balaban J connectivity index is 3.65. The lowest BCUT2D eigenvalue weighted by Crippen LogP contribution is -2.45. The predicted octanol–water partition coefficient (Wildman–Crippen LogP) is 10.1. The van der Waals surface area contributed by atoms with Gasteiger partial charge in [0.05, 0.1) is 18.8 Å². The summed E-state index contributed by atoms with van der Waals surface area (Å²) in [5.74, 6) is -0.0877. The second-order valence-electron chi connectivity index (χ2n) is 11.5. The average molecular weight is 574 g/mol. The van der Waals surface area contributed by atoms with Crippen molar-refractivity contribution in [2.24, 2.45) is 0 Å². The van der Waals surface area contributed by atoms with Crippen molar-refractivity contribution in [1.29, 1.82) is 0 Å². The number of carbonyl (C=O) groups excluding carboxylic acids is 1. The molecule has 0 bridgehead atoms. The second kappa shape index (κ2) is 32.9. The second-order valence-corrected chi connectivity index (χ2v) is 11.5. The highest BCUT2D eigenvalue weighted by Crippen LogP contribution is 2.12. The van der Waals surface area contributed by atoms with Gasteiger partial charge in [0.2, 0.25) is 5.91 Å². The van der Waals surface area contributed by atoms with Crippen LogP contribution in [-0.2, 0) is 4.79 Å². The topological polar surface area (TPSA) is 69.6 Å². The van der Waals surface area contributed by atoms with Gasteiger partial charge in [0.15, 0.2) is 0 Å². The molecule has 1 amide bonds. The Labute approximate surface area is 254 Å². The molecule has 4 heteroatoms. The number of aliphatic hydroxyl groups excluding tert-OH is 2. The molecular formula is C37H67NO3. The molecule has 238 valence electrons. The van der Waals surface area contributed by atoms with E-state index < -0.39 is 12.1 Å². The molecule has 0 aliphatic rings. The van der Waals surface area contributed by atoms with Crippen LogP contribution in [0.25, 0.3) is 0 Å². The fourth-order valence-corrected chi connectivity index (χ4v) is 4.86. The van der Waals surface area contributed by atoms with Gasteiger partial charge in [0, 0.05) is 6.42 Å². The van der Waals surface area contributed by atoms with E-state index in [9.17, 15) is 15.0 Å². The van der Waals surface area contributed by atoms with Gasteiger partial charge in [-0.05, 0) is 64.2 Å². The third kappa shape index (κ3) is 29.6. The van der Waals surface area contributed by atoms with Crippen LogP contribution in [0.4, 0.5) is 0 Å². The van der Waals surface area contributed by atoms with E-state index in [0.717, 1.165) is 44.9 Å². The SMILES string of the molecule is CC/C=C/CC/C=C/CC/C=C/C(O)C(CO)NC(=O)CCCCCCCCC/C=C\CCCCCCCCCC. The molecule has 0 aliphatic heterocycles. The maximum absolute atomic E-state index is 12.3. The highest BCUT2D eigenvalue weighted by Gasteiger charge is 2.17. The van der Waals surface area contributed by atoms with Crippen LogP contribution in [0, 0.1) is 0 Å². The molecule has 0 saturated heterocycles. The maximum Gasteiger partial charge on any atom is 0.220 e. The molecule has 0 aromatic rings. The Hall–Kier alpha value is -1.65. The molecule has 0 rings (SSSR count). The van der Waals surface area contributed by atoms with Gasteiger partial charge in [-0.15, -0.1) is 0 Å². The van der Waals surface area contributed by atoms with Crippen molar-refractivity contribution in [3.8, 4) is 0 Å². The van der Waals surface area contributed by atoms with Crippen molar-refractivity contribution in [2.75, 3.05) is 6.61 Å². The number of hydrogen-bond donors (Lipinski definition) is 3. The molecule has 0 aromatic carbocycles. The number of unbranched alkanes of at least 4 members (excludes halogenated alkanes) is 17. The molecule has 0 saturated carbocycles. The van der Waals surface area contributed by atoms with Crippen LogP contribution in [0.5, 0.6) is 0 Å². The van der Waals surface area contributed by atoms with Gasteiger partial charge in [0.25, 0.3) is 0 Å². The molecule has 0 fully saturated rings. The van der Waals surface area contributed by atoms with E-state index in [1.807, 2.05) is 6.08 Å². The minimum absolute atomic E-state index is 0.0877. The largest absolute Gasteiger partial charge is 0.394 e. The Kier molecular flexibility index (Phi) is 31.5. The van der Waals surface area contributed by atoms with Crippen LogP contribution in [0.3, 0.4) is 0 Å². The van der Waals surface area contributed by atoms with E-state index >= 15 is 0 Å². The van der Waals surface area contributed by atoms with E-state index in [-0.39, 0.29) is 12.5 Å². The van der Waals surface area contributed by atoms with E-state index in [1.165, 1.54) is 96.3 Å². The third-order valence-electron chi connectivity index (χ3n) is 7.52. The molecule has 0 aromatic heterocycles. The first kappa shape index (κ1) is 39.4. The summed E-state index contributed by atoms with van der Waals surface area (Å²) in [5.41, 5.74) is 0. The van der Waals surface area contributed by atoms with Gasteiger partial charge in [0.1, 0.15) is 0 Å². The number of carbonyl (C=O) groups is 1. The number of rotatable bonds is 30. The standard InChI is InChI=1S/C37H67NO3/c1-3-5-7-9-11-13-15-16-17-18-19-20-21-22-23-25-27-29-31-33-37(41)38-35(34-39)36(40)32-30-28-26-24-14-12-10-8-6-4-2/h6,8,14,18-19,24,30,32,35-36,39-40H,3-5,7,9-13,15-17,20-23,25-29,31,33-34H2,1-2H3,(H,38,41)/b8-6+,19-18-,24-14+,32-30+. The van der Waals surface area contributed by atoms with Gasteiger partial charge < -0.3 is 15.5 Å². The first-order valence-electron chi connectivity index (χ1n) is 17.4. The van der Waals surface area contributed by atoms with E-state index in [0.29, 0.717) is 6.42 Å². The van der Waals surface area contributed by atoms with Crippen LogP contribution in [0.15, 0.2) is 48.6 Å². The van der Waals surface area contributed by atoms with Gasteiger partial charge in [-0.1, -0.05) is 140 Å². The summed E-state index contributed by atoms with van der Waals surface area (Å²) < 4.78 is 0. The number of amides is 1. The van der Waals surface area contributed by atoms with E-state index in [2.05, 4.69) is 55.6 Å². The number of hydrogen-bond acceptors (Lipinski definition) is 3. The zero-order chi connectivity index (χ0) is 30.1. The van der Waals surface area contributed by atoms with Crippen LogP contribution in [-0.4, -0.2) is 34.9 Å². The Morgan fingerprint density at radius 1 is 0.585 bits per heavy atom. The Bertz CT molecular complexity index is 667. The molecule has 0 spiro atoms. The van der Waals surface area contributed by atoms with Crippen molar-refractivity contribution >= 4 is 5.91 Å². The lowest BCUT2D eigenvalue weighted by Gasteiger charge is -2.19. The molecule has 0 aliphatic carbocycles. The van der Waals surface area contributed by atoms with Gasteiger partial charge in [-0.25, -0.2) is 0 Å². The summed E-state index contributed by atoms with van der Waals surface area (Å²) in [7, 11) is 0. The van der Waals surface area contributed by atoms with Gasteiger partial charge in [-0.2, -0.15) is 0 Å². The summed E-state index contributed by atoms with van der Waals surface area (Å²) in [4.78, 5) is 12.3. The van der Waals surface area contributed by atoms with Crippen LogP contribution < -0.4 is 5.32 Å². The fourth-order valence-electron chi connectivity index (χ4n) is 4.86. The molecule has 4 nitrogen and oxygen atoms in total. The van der Waals surface area contributed by atoms with Gasteiger partial charge >= 0.3 is 0 Å². The summed E-state index contributed by atoms with van der Waals surface area (Å²) >= 11 is 0. The Morgan fingerprint density at radius 3 is 1.54 bits per heavy atom. The van der Waals surface area contributed by atoms with Crippen molar-refractivity contribution in [1.82, 2.24) is 5.32 Å². The van der Waals surface area contributed by atoms with Crippen molar-refractivity contribution in [2.45, 2.75) is 174 Å². The zero-order valence-corrected chi connectivity index (χ0v) is 27.0. The summed E-state index contributed by atoms with van der Waals surface area (Å²) in [6, 6.07) is -0.644. The molecule has 3 N–H and O–H groups in total. The van der Waals surface area contributed by atoms with Crippen LogP contribution in [0.1, 0.15) is 162 Å². The number of nitrogens with one attached hydrogen (secondary N) is 1. The molecule has 2 atom stereocenters. The molecule has 0 heterocycles. The predicted molar refractivity (Wildman–Crippen MR) is 179 cm³/mol. The van der Waals surface area contributed by atoms with E-state index in [1.54, 1.807) is 6.08 Å². The van der Waals surface area contributed by atoms with Crippen LogP contribution in [0.2, 0.25) is 0 Å². The normalized spacial score (nSPS) is 13.8. The first-order chi connectivity index (χ1) is 20.2. The zero-order valence-electron chi connectivity index (χ0n) is 27.0. The van der Waals surface area contributed by atoms with E-state index in [4.69, 9.17) is 0 Å². The summed E-state index contributed by atoms with van der Waals surface area (Å²) in [6.45, 7) is 4.15. The third-order valence-corrected chi connectivity index (χ3v) is 7.52. The summed E-state index contributed by atoms with van der Waals surface area (Å²) in [6.07, 6.45) is 43.4. The summed E-state index contributed by atoms with van der Waals surface area (Å²) in [5, 5.41) is 22.7. The Morgan fingerprint density at radius 2 is 1.02 bits per heavy atom. The molecule has 41 heavy (non-hydrogen) atoms. The number of aliphatic hydroxyl groups is 2. The smallest absolute Gasteiger partial charge is 0.220 e. The van der Waals surface area contributed by atoms with Crippen molar-refractivity contribution < 1.29 is 15.0 Å². The van der Waals surface area contributed by atoms with Gasteiger partial charge in [-0.3, -0.25) is 4.79 Å². The lowest BCUT2D eigenvalue weighted by atomic mass is 10.1. The highest BCUT2D eigenvalue weighted by atomic mass is 16.3. The monoisotopic (exact) mass is 574 g/mol. The first-order valence-corrected chi connectivity index (χ1v) is 17.4. The minimum atomic E-state index is -0.868.